The van der Waals surface area contributed by atoms with Crippen molar-refractivity contribution >= 4 is 5.91 Å². The third-order valence-corrected chi connectivity index (χ3v) is 9.58. The van der Waals surface area contributed by atoms with Gasteiger partial charge in [-0.2, -0.15) is 0 Å². The van der Waals surface area contributed by atoms with Gasteiger partial charge in [0.2, 0.25) is 5.91 Å². The van der Waals surface area contributed by atoms with E-state index in [0.29, 0.717) is 6.42 Å². The number of carbonyl (C=O) groups is 1. The van der Waals surface area contributed by atoms with Gasteiger partial charge in [-0.15, -0.1) is 0 Å². The average Bonchev–Trinajstić information content (AvgIpc) is 3.14. The minimum absolute atomic E-state index is 0.206. The van der Waals surface area contributed by atoms with Gasteiger partial charge in [0, 0.05) is 6.42 Å². The molecule has 9 nitrogen and oxygen atoms in total. The van der Waals surface area contributed by atoms with Crippen molar-refractivity contribution in [3.05, 3.63) is 48.6 Å². The van der Waals surface area contributed by atoms with Crippen molar-refractivity contribution in [1.29, 1.82) is 0 Å². The van der Waals surface area contributed by atoms with Crippen LogP contribution in [0.2, 0.25) is 0 Å². The quantitative estimate of drug-likeness (QED) is 0.0295. The summed E-state index contributed by atoms with van der Waals surface area (Å²) in [6, 6.07) is -0.830. The average molecular weight is 736 g/mol. The number of ether oxygens (including phenoxy) is 2. The molecule has 0 saturated carbocycles. The topological polar surface area (TPSA) is 149 Å². The molecule has 0 spiro atoms. The van der Waals surface area contributed by atoms with Crippen LogP contribution in [0.3, 0.4) is 0 Å². The zero-order chi connectivity index (χ0) is 38.1. The summed E-state index contributed by atoms with van der Waals surface area (Å²) in [4.78, 5) is 12.8. The Morgan fingerprint density at radius 2 is 1.13 bits per heavy atom. The SMILES string of the molecule is CCC/C=C\CCCCCCCC(=O)NC(COC1OC(CO)C(O)C(O)C1O)C(O)/C=C/CC/C=C/CC/C=C/CCCCCCCCCCC. The van der Waals surface area contributed by atoms with Gasteiger partial charge in [-0.1, -0.05) is 140 Å². The summed E-state index contributed by atoms with van der Waals surface area (Å²) in [6.07, 6.45) is 34.5. The Morgan fingerprint density at radius 1 is 0.635 bits per heavy atom. The van der Waals surface area contributed by atoms with Crippen LogP contribution in [0.1, 0.15) is 162 Å². The van der Waals surface area contributed by atoms with Crippen LogP contribution in [0.15, 0.2) is 48.6 Å². The molecule has 1 aliphatic rings. The second-order valence-electron chi connectivity index (χ2n) is 14.4. The molecule has 1 amide bonds. The maximum absolute atomic E-state index is 12.8. The fourth-order valence-corrected chi connectivity index (χ4v) is 6.19. The van der Waals surface area contributed by atoms with Crippen molar-refractivity contribution in [2.24, 2.45) is 0 Å². The molecule has 0 bridgehead atoms. The minimum atomic E-state index is -1.57. The van der Waals surface area contributed by atoms with Gasteiger partial charge in [0.15, 0.2) is 6.29 Å². The fourth-order valence-electron chi connectivity index (χ4n) is 6.19. The molecule has 1 aliphatic heterocycles. The lowest BCUT2D eigenvalue weighted by Crippen LogP contribution is -2.60. The lowest BCUT2D eigenvalue weighted by Gasteiger charge is -2.40. The first kappa shape index (κ1) is 48.2. The first-order valence-corrected chi connectivity index (χ1v) is 20.9. The van der Waals surface area contributed by atoms with Crippen molar-refractivity contribution < 1.29 is 39.8 Å². The molecule has 0 aromatic rings. The van der Waals surface area contributed by atoms with Crippen molar-refractivity contribution in [3.8, 4) is 0 Å². The molecule has 7 unspecified atom stereocenters. The first-order chi connectivity index (χ1) is 25.3. The molecular weight excluding hydrogens is 658 g/mol. The van der Waals surface area contributed by atoms with E-state index in [1.54, 1.807) is 6.08 Å². The molecule has 7 atom stereocenters. The van der Waals surface area contributed by atoms with Crippen molar-refractivity contribution in [2.45, 2.75) is 204 Å². The molecule has 0 radical (unpaired) electrons. The van der Waals surface area contributed by atoms with Crippen LogP contribution < -0.4 is 5.32 Å². The van der Waals surface area contributed by atoms with Crippen LogP contribution in [-0.4, -0.2) is 87.5 Å². The third kappa shape index (κ3) is 24.5. The summed E-state index contributed by atoms with van der Waals surface area (Å²) in [5.74, 6) is -0.206. The predicted octanol–water partition coefficient (Wildman–Crippen LogP) is 7.89. The van der Waals surface area contributed by atoms with E-state index < -0.39 is 49.5 Å². The van der Waals surface area contributed by atoms with Crippen molar-refractivity contribution in [1.82, 2.24) is 5.32 Å². The highest BCUT2D eigenvalue weighted by atomic mass is 16.7. The van der Waals surface area contributed by atoms with E-state index in [0.717, 1.165) is 70.6 Å². The summed E-state index contributed by atoms with van der Waals surface area (Å²) in [5.41, 5.74) is 0. The number of allylic oxidation sites excluding steroid dienone is 7. The van der Waals surface area contributed by atoms with Crippen LogP contribution in [-0.2, 0) is 14.3 Å². The van der Waals surface area contributed by atoms with E-state index in [1.807, 2.05) is 6.08 Å². The van der Waals surface area contributed by atoms with Crippen LogP contribution in [0, 0.1) is 0 Å². The van der Waals surface area contributed by atoms with E-state index in [2.05, 4.69) is 55.6 Å². The van der Waals surface area contributed by atoms with Crippen LogP contribution in [0.4, 0.5) is 0 Å². The molecule has 6 N–H and O–H groups in total. The van der Waals surface area contributed by atoms with Gasteiger partial charge in [-0.25, -0.2) is 0 Å². The summed E-state index contributed by atoms with van der Waals surface area (Å²) in [5, 5.41) is 53.9. The molecule has 302 valence electrons. The molecule has 0 aromatic heterocycles. The van der Waals surface area contributed by atoms with Gasteiger partial charge in [0.25, 0.3) is 0 Å². The van der Waals surface area contributed by atoms with E-state index in [9.17, 15) is 30.3 Å². The van der Waals surface area contributed by atoms with E-state index in [1.165, 1.54) is 70.6 Å². The Balaban J connectivity index is 2.44. The molecule has 1 fully saturated rings. The summed E-state index contributed by atoms with van der Waals surface area (Å²) >= 11 is 0. The lowest BCUT2D eigenvalue weighted by atomic mass is 9.99. The van der Waals surface area contributed by atoms with E-state index in [-0.39, 0.29) is 12.5 Å². The molecule has 9 heteroatoms. The van der Waals surface area contributed by atoms with Crippen molar-refractivity contribution in [2.75, 3.05) is 13.2 Å². The number of aliphatic hydroxyl groups is 5. The smallest absolute Gasteiger partial charge is 0.220 e. The highest BCUT2D eigenvalue weighted by Gasteiger charge is 2.44. The summed E-state index contributed by atoms with van der Waals surface area (Å²) in [6.45, 7) is 3.65. The maximum atomic E-state index is 12.8. The highest BCUT2D eigenvalue weighted by molar-refractivity contribution is 5.76. The van der Waals surface area contributed by atoms with Crippen LogP contribution in [0.25, 0.3) is 0 Å². The van der Waals surface area contributed by atoms with Crippen LogP contribution >= 0.6 is 0 Å². The molecule has 1 rings (SSSR count). The zero-order valence-corrected chi connectivity index (χ0v) is 32.8. The number of hydrogen-bond acceptors (Lipinski definition) is 8. The number of aliphatic hydroxyl groups excluding tert-OH is 5. The second-order valence-corrected chi connectivity index (χ2v) is 14.4. The molecule has 0 aliphatic carbocycles. The monoisotopic (exact) mass is 736 g/mol. The number of hydrogen-bond donors (Lipinski definition) is 6. The number of carbonyl (C=O) groups excluding carboxylic acids is 1. The molecule has 52 heavy (non-hydrogen) atoms. The predicted molar refractivity (Wildman–Crippen MR) is 212 cm³/mol. The Bertz CT molecular complexity index is 951. The normalized spacial score (nSPS) is 22.3. The van der Waals surface area contributed by atoms with E-state index in [4.69, 9.17) is 9.47 Å². The number of amides is 1. The molecule has 0 aromatic carbocycles. The fraction of sp³-hybridized carbons (Fsp3) is 0.791. The zero-order valence-electron chi connectivity index (χ0n) is 32.8. The minimum Gasteiger partial charge on any atom is -0.394 e. The van der Waals surface area contributed by atoms with Gasteiger partial charge in [-0.3, -0.25) is 4.79 Å². The summed E-state index contributed by atoms with van der Waals surface area (Å²) in [7, 11) is 0. The second kappa shape index (κ2) is 33.7. The Morgan fingerprint density at radius 3 is 1.69 bits per heavy atom. The number of rotatable bonds is 33. The van der Waals surface area contributed by atoms with Gasteiger partial charge in [-0.05, 0) is 64.2 Å². The molecule has 1 saturated heterocycles. The van der Waals surface area contributed by atoms with Gasteiger partial charge in [0.1, 0.15) is 24.4 Å². The first-order valence-electron chi connectivity index (χ1n) is 20.9. The highest BCUT2D eigenvalue weighted by Crippen LogP contribution is 2.22. The Hall–Kier alpha value is -1.85. The third-order valence-electron chi connectivity index (χ3n) is 9.58. The van der Waals surface area contributed by atoms with Gasteiger partial charge in [0.05, 0.1) is 25.4 Å². The van der Waals surface area contributed by atoms with Gasteiger partial charge < -0.3 is 40.3 Å². The Labute approximate surface area is 316 Å². The lowest BCUT2D eigenvalue weighted by molar-refractivity contribution is -0.302. The standard InChI is InChI=1S/C43H77NO8/c1-3-5-7-9-11-13-15-16-17-18-19-20-21-22-23-24-26-28-30-32-37(46)36(35-51-43-42(50)41(49)40(48)38(34-45)52-43)44-39(47)33-31-29-27-25-14-12-10-8-6-4-2/h8,10,19-20,23-24,30,32,36-38,40-43,45-46,48-50H,3-7,9,11-18,21-22,25-29,31,33-35H2,1-2H3,(H,44,47)/b10-8-,20-19+,24-23+,32-30+. The van der Waals surface area contributed by atoms with Crippen LogP contribution in [0.5, 0.6) is 0 Å². The summed E-state index contributed by atoms with van der Waals surface area (Å²) < 4.78 is 11.1. The number of unbranched alkanes of at least 4 members (excludes halogenated alkanes) is 17. The van der Waals surface area contributed by atoms with E-state index >= 15 is 0 Å². The van der Waals surface area contributed by atoms with Crippen molar-refractivity contribution in [3.63, 3.8) is 0 Å². The Kier molecular flexibility index (Phi) is 31.2. The number of nitrogens with one attached hydrogen (secondary N) is 1. The largest absolute Gasteiger partial charge is 0.394 e. The van der Waals surface area contributed by atoms with Gasteiger partial charge >= 0.3 is 0 Å². The molecular formula is C43H77NO8. The molecule has 1 heterocycles. The maximum Gasteiger partial charge on any atom is 0.220 e.